The van der Waals surface area contributed by atoms with Crippen LogP contribution in [0, 0.1) is 19.7 Å². The van der Waals surface area contributed by atoms with Gasteiger partial charge in [-0.1, -0.05) is 13.3 Å². The zero-order valence-electron chi connectivity index (χ0n) is 16.1. The number of aromatic nitrogens is 4. The molecule has 0 bridgehead atoms. The van der Waals surface area contributed by atoms with Gasteiger partial charge in [-0.15, -0.1) is 0 Å². The molecule has 3 rings (SSSR count). The fourth-order valence-electron chi connectivity index (χ4n) is 2.94. The van der Waals surface area contributed by atoms with Crippen LogP contribution < -0.4 is 10.9 Å². The smallest absolute Gasteiger partial charge is 0.255 e. The highest BCUT2D eigenvalue weighted by molar-refractivity contribution is 5.90. The Morgan fingerprint density at radius 3 is 2.50 bits per heavy atom. The average molecular weight is 383 g/mol. The Morgan fingerprint density at radius 2 is 1.89 bits per heavy atom. The summed E-state index contributed by atoms with van der Waals surface area (Å²) in [5.41, 5.74) is 2.38. The molecule has 28 heavy (non-hydrogen) atoms. The Kier molecular flexibility index (Phi) is 5.67. The van der Waals surface area contributed by atoms with Crippen LogP contribution in [0.1, 0.15) is 30.4 Å². The summed E-state index contributed by atoms with van der Waals surface area (Å²) in [5.74, 6) is -0.505. The van der Waals surface area contributed by atoms with Crippen molar-refractivity contribution in [3.63, 3.8) is 0 Å². The molecule has 0 radical (unpaired) electrons. The van der Waals surface area contributed by atoms with Crippen molar-refractivity contribution >= 4 is 11.6 Å². The van der Waals surface area contributed by atoms with Gasteiger partial charge in [-0.25, -0.2) is 14.1 Å². The van der Waals surface area contributed by atoms with Crippen LogP contribution in [-0.4, -0.2) is 25.2 Å². The van der Waals surface area contributed by atoms with Crippen molar-refractivity contribution in [2.75, 3.05) is 5.32 Å². The Labute approximate surface area is 161 Å². The van der Waals surface area contributed by atoms with E-state index in [2.05, 4.69) is 15.4 Å². The molecule has 0 aliphatic rings. The predicted octanol–water partition coefficient (Wildman–Crippen LogP) is 2.78. The summed E-state index contributed by atoms with van der Waals surface area (Å²) in [6.07, 6.45) is 1.50. The summed E-state index contributed by atoms with van der Waals surface area (Å²) in [6, 6.07) is 8.75. The van der Waals surface area contributed by atoms with Crippen molar-refractivity contribution in [2.24, 2.45) is 0 Å². The van der Waals surface area contributed by atoms with Gasteiger partial charge in [0.1, 0.15) is 12.4 Å². The third-order valence-corrected chi connectivity index (χ3v) is 4.18. The summed E-state index contributed by atoms with van der Waals surface area (Å²) >= 11 is 0. The van der Waals surface area contributed by atoms with Crippen LogP contribution in [0.5, 0.6) is 0 Å². The number of hydrogen-bond donors (Lipinski definition) is 1. The van der Waals surface area contributed by atoms with Gasteiger partial charge >= 0.3 is 0 Å². The third kappa shape index (κ3) is 4.33. The molecular weight excluding hydrogens is 361 g/mol. The molecule has 2 aromatic heterocycles. The second-order valence-corrected chi connectivity index (χ2v) is 6.62. The Hall–Kier alpha value is -3.29. The zero-order valence-corrected chi connectivity index (χ0v) is 16.1. The van der Waals surface area contributed by atoms with Crippen LogP contribution in [0.15, 0.2) is 41.2 Å². The summed E-state index contributed by atoms with van der Waals surface area (Å²) in [5, 5.41) is 7.07. The lowest BCUT2D eigenvalue weighted by molar-refractivity contribution is -0.116. The standard InChI is InChI=1S/C20H22FN5O2/c1-4-5-17-11-19(28)25(20(23-17)26-14(3)10-13(2)24-26)12-18(27)22-16-8-6-15(21)7-9-16/h6-11H,4-5,12H2,1-3H3,(H,22,27). The lowest BCUT2D eigenvalue weighted by atomic mass is 10.2. The minimum atomic E-state index is -0.415. The summed E-state index contributed by atoms with van der Waals surface area (Å²) in [7, 11) is 0. The van der Waals surface area contributed by atoms with Gasteiger partial charge in [0.25, 0.3) is 5.56 Å². The molecule has 0 aliphatic heterocycles. The summed E-state index contributed by atoms with van der Waals surface area (Å²) in [4.78, 5) is 29.8. The molecule has 0 fully saturated rings. The van der Waals surface area contributed by atoms with E-state index in [-0.39, 0.29) is 12.1 Å². The number of aryl methyl sites for hydroxylation is 3. The molecule has 1 amide bonds. The first-order chi connectivity index (χ1) is 13.4. The number of benzene rings is 1. The fraction of sp³-hybridized carbons (Fsp3) is 0.300. The average Bonchev–Trinajstić information content (AvgIpc) is 2.97. The van der Waals surface area contributed by atoms with Gasteiger partial charge in [-0.05, 0) is 50.6 Å². The number of rotatable bonds is 6. The highest BCUT2D eigenvalue weighted by atomic mass is 19.1. The number of halogens is 1. The minimum absolute atomic E-state index is 0.233. The topological polar surface area (TPSA) is 81.8 Å². The molecule has 0 saturated heterocycles. The second kappa shape index (κ2) is 8.16. The van der Waals surface area contributed by atoms with Crippen molar-refractivity contribution < 1.29 is 9.18 Å². The molecular formula is C20H22FN5O2. The number of carbonyl (C=O) groups is 1. The first kappa shape index (κ1) is 19.5. The molecule has 0 aliphatic carbocycles. The van der Waals surface area contributed by atoms with E-state index in [0.29, 0.717) is 23.8 Å². The van der Waals surface area contributed by atoms with Gasteiger partial charge in [0.2, 0.25) is 11.9 Å². The molecule has 7 nitrogen and oxygen atoms in total. The monoisotopic (exact) mass is 383 g/mol. The van der Waals surface area contributed by atoms with Crippen LogP contribution in [0.4, 0.5) is 10.1 Å². The molecule has 146 valence electrons. The maximum Gasteiger partial charge on any atom is 0.255 e. The molecule has 1 N–H and O–H groups in total. The van der Waals surface area contributed by atoms with E-state index in [1.165, 1.54) is 34.9 Å². The van der Waals surface area contributed by atoms with E-state index in [9.17, 15) is 14.0 Å². The van der Waals surface area contributed by atoms with E-state index in [1.807, 2.05) is 26.8 Å². The molecule has 0 saturated carbocycles. The van der Waals surface area contributed by atoms with Crippen LogP contribution >= 0.6 is 0 Å². The van der Waals surface area contributed by atoms with Gasteiger partial charge < -0.3 is 5.32 Å². The van der Waals surface area contributed by atoms with Gasteiger partial charge in [0.05, 0.1) is 5.69 Å². The molecule has 1 aromatic carbocycles. The normalized spacial score (nSPS) is 10.9. The number of nitrogens with zero attached hydrogens (tertiary/aromatic N) is 4. The molecule has 8 heteroatoms. The number of hydrogen-bond acceptors (Lipinski definition) is 4. The number of carbonyl (C=O) groups excluding carboxylic acids is 1. The molecule has 3 aromatic rings. The first-order valence-corrected chi connectivity index (χ1v) is 9.07. The van der Waals surface area contributed by atoms with Crippen molar-refractivity contribution in [1.82, 2.24) is 19.3 Å². The molecule has 0 atom stereocenters. The Balaban J connectivity index is 1.97. The molecule has 2 heterocycles. The van der Waals surface area contributed by atoms with Gasteiger partial charge in [-0.2, -0.15) is 5.10 Å². The van der Waals surface area contributed by atoms with Crippen molar-refractivity contribution in [3.8, 4) is 5.95 Å². The van der Waals surface area contributed by atoms with Crippen LogP contribution in [0.3, 0.4) is 0 Å². The van der Waals surface area contributed by atoms with Gasteiger partial charge in [0.15, 0.2) is 0 Å². The predicted molar refractivity (Wildman–Crippen MR) is 104 cm³/mol. The summed E-state index contributed by atoms with van der Waals surface area (Å²) in [6.45, 7) is 5.49. The van der Waals surface area contributed by atoms with E-state index >= 15 is 0 Å². The maximum atomic E-state index is 13.0. The van der Waals surface area contributed by atoms with Gasteiger partial charge in [-0.3, -0.25) is 14.2 Å². The third-order valence-electron chi connectivity index (χ3n) is 4.18. The van der Waals surface area contributed by atoms with E-state index < -0.39 is 11.7 Å². The SMILES string of the molecule is CCCc1cc(=O)n(CC(=O)Nc2ccc(F)cc2)c(-n2nc(C)cc2C)n1. The first-order valence-electron chi connectivity index (χ1n) is 9.07. The highest BCUT2D eigenvalue weighted by Gasteiger charge is 2.16. The lowest BCUT2D eigenvalue weighted by Crippen LogP contribution is -2.32. The van der Waals surface area contributed by atoms with E-state index in [1.54, 1.807) is 4.68 Å². The maximum absolute atomic E-state index is 13.0. The van der Waals surface area contributed by atoms with E-state index in [0.717, 1.165) is 17.8 Å². The minimum Gasteiger partial charge on any atom is -0.325 e. The molecule has 0 spiro atoms. The van der Waals surface area contributed by atoms with Crippen molar-refractivity contribution in [1.29, 1.82) is 0 Å². The zero-order chi connectivity index (χ0) is 20.3. The van der Waals surface area contributed by atoms with Gasteiger partial charge in [0, 0.05) is 23.1 Å². The van der Waals surface area contributed by atoms with Crippen LogP contribution in [0.25, 0.3) is 5.95 Å². The second-order valence-electron chi connectivity index (χ2n) is 6.62. The van der Waals surface area contributed by atoms with Crippen LogP contribution in [-0.2, 0) is 17.8 Å². The lowest BCUT2D eigenvalue weighted by Gasteiger charge is -2.14. The summed E-state index contributed by atoms with van der Waals surface area (Å²) < 4.78 is 15.9. The van der Waals surface area contributed by atoms with Crippen molar-refractivity contribution in [3.05, 3.63) is 69.7 Å². The fourth-order valence-corrected chi connectivity index (χ4v) is 2.94. The van der Waals surface area contributed by atoms with Crippen molar-refractivity contribution in [2.45, 2.75) is 40.2 Å². The number of amides is 1. The number of anilines is 1. The highest BCUT2D eigenvalue weighted by Crippen LogP contribution is 2.12. The largest absolute Gasteiger partial charge is 0.325 e. The van der Waals surface area contributed by atoms with Crippen LogP contribution in [0.2, 0.25) is 0 Å². The quantitative estimate of drug-likeness (QED) is 0.710. The van der Waals surface area contributed by atoms with E-state index in [4.69, 9.17) is 0 Å². The molecule has 0 unspecified atom stereocenters. The Bertz CT molecular complexity index is 1050. The Morgan fingerprint density at radius 1 is 1.18 bits per heavy atom. The number of nitrogens with one attached hydrogen (secondary N) is 1.